The van der Waals surface area contributed by atoms with Crippen LogP contribution in [0.2, 0.25) is 0 Å². The summed E-state index contributed by atoms with van der Waals surface area (Å²) in [6.07, 6.45) is 6.48. The fourth-order valence-electron chi connectivity index (χ4n) is 3.91. The molecule has 1 aliphatic heterocycles. The minimum Gasteiger partial charge on any atom is -0.479 e. The van der Waals surface area contributed by atoms with Gasteiger partial charge in [-0.2, -0.15) is 0 Å². The van der Waals surface area contributed by atoms with Crippen molar-refractivity contribution >= 4 is 29.1 Å². The molecule has 5 N–H and O–H groups in total. The van der Waals surface area contributed by atoms with Crippen LogP contribution in [-0.2, 0) is 4.79 Å². The Hall–Kier alpha value is -3.85. The van der Waals surface area contributed by atoms with E-state index in [9.17, 15) is 19.1 Å². The SMILES string of the molecule is Cc1cc(NC(=O)NC(CCCN(C)C)C2=CN(c3ccccc3N)C(C(=O)O)C=C2)ccc1F. The number of nitrogens with one attached hydrogen (secondary N) is 2. The van der Waals surface area contributed by atoms with E-state index in [4.69, 9.17) is 5.73 Å². The van der Waals surface area contributed by atoms with Gasteiger partial charge >= 0.3 is 12.0 Å². The second-order valence-electron chi connectivity index (χ2n) is 8.80. The number of nitrogens with two attached hydrogens (primary N) is 1. The molecule has 1 heterocycles. The first-order chi connectivity index (χ1) is 16.7. The number of aryl methyl sites for hydroxylation is 1. The Bertz CT molecular complexity index is 1130. The third-order valence-corrected chi connectivity index (χ3v) is 5.75. The Morgan fingerprint density at radius 2 is 1.97 bits per heavy atom. The number of anilines is 3. The normalized spacial score (nSPS) is 16.1. The summed E-state index contributed by atoms with van der Waals surface area (Å²) in [5, 5.41) is 15.5. The minimum atomic E-state index is -1.01. The van der Waals surface area contributed by atoms with Crippen molar-refractivity contribution in [2.24, 2.45) is 0 Å². The van der Waals surface area contributed by atoms with Gasteiger partial charge in [0.1, 0.15) is 11.9 Å². The summed E-state index contributed by atoms with van der Waals surface area (Å²) in [6, 6.07) is 9.66. The molecular weight excluding hydrogens is 449 g/mol. The standard InChI is InChI=1S/C26H32FN5O3/c1-17-15-19(11-12-20(17)27)29-26(35)30-22(8-6-14-31(2)3)18-10-13-24(25(33)34)32(16-18)23-9-5-4-7-21(23)28/h4-5,7,9-13,15-16,22,24H,6,8,14,28H2,1-3H3,(H,33,34)(H2,29,30,35). The van der Waals surface area contributed by atoms with E-state index in [0.717, 1.165) is 18.5 Å². The fourth-order valence-corrected chi connectivity index (χ4v) is 3.91. The molecule has 2 atom stereocenters. The monoisotopic (exact) mass is 481 g/mol. The first-order valence-corrected chi connectivity index (χ1v) is 11.4. The molecule has 2 aromatic carbocycles. The van der Waals surface area contributed by atoms with E-state index in [1.165, 1.54) is 12.1 Å². The minimum absolute atomic E-state index is 0.344. The second-order valence-corrected chi connectivity index (χ2v) is 8.80. The van der Waals surface area contributed by atoms with Crippen LogP contribution in [0.5, 0.6) is 0 Å². The zero-order valence-corrected chi connectivity index (χ0v) is 20.2. The van der Waals surface area contributed by atoms with Gasteiger partial charge in [-0.3, -0.25) is 0 Å². The molecule has 1 aliphatic rings. The van der Waals surface area contributed by atoms with Crippen molar-refractivity contribution < 1.29 is 19.1 Å². The quantitative estimate of drug-likeness (QED) is 0.404. The number of hydrogen-bond acceptors (Lipinski definition) is 5. The van der Waals surface area contributed by atoms with Crippen LogP contribution < -0.4 is 21.3 Å². The van der Waals surface area contributed by atoms with Crippen molar-refractivity contribution in [1.82, 2.24) is 10.2 Å². The molecule has 186 valence electrons. The van der Waals surface area contributed by atoms with Gasteiger partial charge in [-0.05, 0) is 81.9 Å². The summed E-state index contributed by atoms with van der Waals surface area (Å²) < 4.78 is 13.6. The predicted molar refractivity (Wildman–Crippen MR) is 137 cm³/mol. The molecule has 0 fully saturated rings. The summed E-state index contributed by atoms with van der Waals surface area (Å²) in [5.74, 6) is -1.36. The van der Waals surface area contributed by atoms with Crippen LogP contribution in [-0.4, -0.2) is 54.7 Å². The third kappa shape index (κ3) is 6.83. The first-order valence-electron chi connectivity index (χ1n) is 11.4. The molecular formula is C26H32FN5O3. The number of rotatable bonds is 9. The third-order valence-electron chi connectivity index (χ3n) is 5.75. The summed E-state index contributed by atoms with van der Waals surface area (Å²) in [4.78, 5) is 28.4. The number of carboxylic acid groups (broad SMARTS) is 1. The van der Waals surface area contributed by atoms with Crippen LogP contribution in [0.15, 0.2) is 66.4 Å². The fraction of sp³-hybridized carbons (Fsp3) is 0.308. The van der Waals surface area contributed by atoms with Gasteiger partial charge in [0.15, 0.2) is 0 Å². The number of para-hydroxylation sites is 2. The van der Waals surface area contributed by atoms with E-state index in [2.05, 4.69) is 15.5 Å². The maximum Gasteiger partial charge on any atom is 0.330 e. The molecule has 0 aliphatic carbocycles. The van der Waals surface area contributed by atoms with E-state index in [1.54, 1.807) is 60.5 Å². The Labute approximate surface area is 204 Å². The number of hydrogen-bond donors (Lipinski definition) is 4. The maximum atomic E-state index is 13.6. The van der Waals surface area contributed by atoms with Crippen molar-refractivity contribution in [3.05, 3.63) is 77.8 Å². The van der Waals surface area contributed by atoms with Crippen LogP contribution in [0.3, 0.4) is 0 Å². The number of halogens is 1. The highest BCUT2D eigenvalue weighted by Crippen LogP contribution is 2.30. The Balaban J connectivity index is 1.86. The summed E-state index contributed by atoms with van der Waals surface area (Å²) in [7, 11) is 3.95. The number of carbonyl (C=O) groups excluding carboxylic acids is 1. The van der Waals surface area contributed by atoms with Crippen LogP contribution in [0.1, 0.15) is 18.4 Å². The molecule has 0 saturated carbocycles. The number of amides is 2. The molecule has 0 bridgehead atoms. The van der Waals surface area contributed by atoms with E-state index < -0.39 is 24.1 Å². The molecule has 3 rings (SSSR count). The van der Waals surface area contributed by atoms with E-state index in [-0.39, 0.29) is 5.82 Å². The number of benzene rings is 2. The zero-order valence-electron chi connectivity index (χ0n) is 20.2. The van der Waals surface area contributed by atoms with Gasteiger partial charge in [-0.25, -0.2) is 14.0 Å². The molecule has 9 heteroatoms. The highest BCUT2D eigenvalue weighted by atomic mass is 19.1. The number of nitrogen functional groups attached to an aromatic ring is 1. The van der Waals surface area contributed by atoms with Gasteiger partial charge in [-0.15, -0.1) is 0 Å². The average Bonchev–Trinajstić information content (AvgIpc) is 2.80. The molecule has 0 radical (unpaired) electrons. The van der Waals surface area contributed by atoms with Crippen molar-refractivity contribution in [2.45, 2.75) is 31.8 Å². The highest BCUT2D eigenvalue weighted by molar-refractivity contribution is 5.90. The van der Waals surface area contributed by atoms with Crippen LogP contribution in [0.25, 0.3) is 0 Å². The highest BCUT2D eigenvalue weighted by Gasteiger charge is 2.29. The Morgan fingerprint density at radius 3 is 2.63 bits per heavy atom. The van der Waals surface area contributed by atoms with Crippen LogP contribution >= 0.6 is 0 Å². The zero-order chi connectivity index (χ0) is 25.5. The second kappa shape index (κ2) is 11.5. The molecule has 2 aromatic rings. The molecule has 2 unspecified atom stereocenters. The first kappa shape index (κ1) is 25.8. The van der Waals surface area contributed by atoms with E-state index in [0.29, 0.717) is 29.0 Å². The molecule has 2 amide bonds. The lowest BCUT2D eigenvalue weighted by atomic mass is 9.97. The van der Waals surface area contributed by atoms with Gasteiger partial charge in [-0.1, -0.05) is 24.3 Å². The largest absolute Gasteiger partial charge is 0.479 e. The smallest absolute Gasteiger partial charge is 0.330 e. The number of carboxylic acids is 1. The topological polar surface area (TPSA) is 111 Å². The van der Waals surface area contributed by atoms with Crippen molar-refractivity contribution in [3.63, 3.8) is 0 Å². The van der Waals surface area contributed by atoms with Gasteiger partial charge in [0.25, 0.3) is 0 Å². The number of nitrogens with zero attached hydrogens (tertiary/aromatic N) is 2. The lowest BCUT2D eigenvalue weighted by Gasteiger charge is -2.32. The maximum absolute atomic E-state index is 13.6. The molecule has 35 heavy (non-hydrogen) atoms. The molecule has 0 spiro atoms. The molecule has 8 nitrogen and oxygen atoms in total. The Kier molecular flexibility index (Phi) is 8.48. The Morgan fingerprint density at radius 1 is 1.23 bits per heavy atom. The number of urea groups is 1. The van der Waals surface area contributed by atoms with E-state index in [1.807, 2.05) is 14.1 Å². The number of carbonyl (C=O) groups is 2. The summed E-state index contributed by atoms with van der Waals surface area (Å²) in [6.45, 7) is 2.45. The molecule has 0 aromatic heterocycles. The summed E-state index contributed by atoms with van der Waals surface area (Å²) in [5.41, 5.74) is 8.81. The van der Waals surface area contributed by atoms with Crippen LogP contribution in [0.4, 0.5) is 26.2 Å². The van der Waals surface area contributed by atoms with Gasteiger partial charge in [0, 0.05) is 11.9 Å². The van der Waals surface area contributed by atoms with Crippen molar-refractivity contribution in [2.75, 3.05) is 36.6 Å². The van der Waals surface area contributed by atoms with Gasteiger partial charge in [0.2, 0.25) is 0 Å². The summed E-state index contributed by atoms with van der Waals surface area (Å²) >= 11 is 0. The van der Waals surface area contributed by atoms with Crippen LogP contribution in [0, 0.1) is 12.7 Å². The van der Waals surface area contributed by atoms with Crippen molar-refractivity contribution in [1.29, 1.82) is 0 Å². The predicted octanol–water partition coefficient (Wildman–Crippen LogP) is 3.96. The lowest BCUT2D eigenvalue weighted by molar-refractivity contribution is -0.137. The average molecular weight is 482 g/mol. The number of aliphatic carboxylic acids is 1. The van der Waals surface area contributed by atoms with Crippen molar-refractivity contribution in [3.8, 4) is 0 Å². The molecule has 0 saturated heterocycles. The van der Waals surface area contributed by atoms with Gasteiger partial charge in [0.05, 0.1) is 17.4 Å². The van der Waals surface area contributed by atoms with Gasteiger partial charge < -0.3 is 31.3 Å². The lowest BCUT2D eigenvalue weighted by Crippen LogP contribution is -2.43. The van der Waals surface area contributed by atoms with E-state index >= 15 is 0 Å².